The van der Waals surface area contributed by atoms with Crippen LogP contribution in [0.5, 0.6) is 0 Å². The molecule has 0 radical (unpaired) electrons. The van der Waals surface area contributed by atoms with Crippen molar-refractivity contribution in [1.29, 1.82) is 0 Å². The Hall–Kier alpha value is -1.97. The number of ketones is 2. The molecule has 1 aromatic rings. The molecular weight excluding hydrogens is 266 g/mol. The molecule has 112 valence electrons. The number of hydrogen-bond donors (Lipinski definition) is 1. The third-order valence-corrected chi connectivity index (χ3v) is 4.04. The van der Waals surface area contributed by atoms with Crippen LogP contribution in [0.3, 0.4) is 0 Å². The van der Waals surface area contributed by atoms with E-state index >= 15 is 0 Å². The van der Waals surface area contributed by atoms with Crippen LogP contribution in [0, 0.1) is 12.8 Å². The lowest BCUT2D eigenvalue weighted by molar-refractivity contribution is -0.138. The Kier molecular flexibility index (Phi) is 4.26. The van der Waals surface area contributed by atoms with Crippen molar-refractivity contribution in [3.8, 4) is 0 Å². The van der Waals surface area contributed by atoms with Gasteiger partial charge in [-0.15, -0.1) is 0 Å². The van der Waals surface area contributed by atoms with Crippen LogP contribution in [0.25, 0.3) is 0 Å². The molecule has 1 aliphatic rings. The Morgan fingerprint density at radius 3 is 2.29 bits per heavy atom. The number of hydrogen-bond acceptors (Lipinski definition) is 3. The van der Waals surface area contributed by atoms with Gasteiger partial charge >= 0.3 is 0 Å². The molecule has 0 aliphatic heterocycles. The zero-order valence-electron chi connectivity index (χ0n) is 12.7. The predicted octanol–water partition coefficient (Wildman–Crippen LogP) is 2.44. The Bertz CT molecular complexity index is 573. The molecule has 0 aromatic heterocycles. The highest BCUT2D eigenvalue weighted by Gasteiger charge is 2.42. The summed E-state index contributed by atoms with van der Waals surface area (Å²) in [4.78, 5) is 36.5. The minimum Gasteiger partial charge on any atom is -0.346 e. The van der Waals surface area contributed by atoms with Crippen LogP contribution in [0.2, 0.25) is 0 Å². The van der Waals surface area contributed by atoms with Gasteiger partial charge in [0.15, 0.2) is 0 Å². The number of carbonyl (C=O) groups excluding carboxylic acids is 3. The van der Waals surface area contributed by atoms with E-state index in [1.807, 2.05) is 19.1 Å². The second-order valence-corrected chi connectivity index (χ2v) is 6.21. The zero-order valence-corrected chi connectivity index (χ0v) is 12.7. The number of carbonyl (C=O) groups is 3. The third kappa shape index (κ3) is 3.20. The first-order valence-electron chi connectivity index (χ1n) is 7.26. The van der Waals surface area contributed by atoms with Crippen LogP contribution in [0.15, 0.2) is 24.3 Å². The summed E-state index contributed by atoms with van der Waals surface area (Å²) >= 11 is 0. The summed E-state index contributed by atoms with van der Waals surface area (Å²) in [5, 5.41) is 2.86. The highest BCUT2D eigenvalue weighted by molar-refractivity contribution is 6.06. The summed E-state index contributed by atoms with van der Waals surface area (Å²) in [5.74, 6) is -1.12. The number of rotatable bonds is 3. The van der Waals surface area contributed by atoms with Crippen molar-refractivity contribution in [2.75, 3.05) is 0 Å². The minimum absolute atomic E-state index is 0.0682. The molecule has 1 fully saturated rings. The van der Waals surface area contributed by atoms with E-state index in [4.69, 9.17) is 0 Å². The lowest BCUT2D eigenvalue weighted by atomic mass is 9.74. The molecule has 0 bridgehead atoms. The van der Waals surface area contributed by atoms with Crippen LogP contribution in [-0.2, 0) is 9.59 Å². The van der Waals surface area contributed by atoms with Gasteiger partial charge in [0.2, 0.25) is 0 Å². The first-order chi connectivity index (χ1) is 9.83. The van der Waals surface area contributed by atoms with E-state index in [1.165, 1.54) is 0 Å². The van der Waals surface area contributed by atoms with Gasteiger partial charge in [-0.05, 0) is 38.8 Å². The van der Waals surface area contributed by atoms with E-state index in [1.54, 1.807) is 26.0 Å². The molecule has 1 saturated carbocycles. The molecule has 0 atom stereocenters. The summed E-state index contributed by atoms with van der Waals surface area (Å²) in [5.41, 5.74) is 0.571. The van der Waals surface area contributed by atoms with Crippen LogP contribution in [0.1, 0.15) is 49.0 Å². The SMILES string of the molecule is Cc1ccccc1C(=O)NC(C)(C)C1C(=O)CCCC1=O. The van der Waals surface area contributed by atoms with Crippen molar-refractivity contribution in [2.45, 2.75) is 45.6 Å². The molecule has 0 spiro atoms. The van der Waals surface area contributed by atoms with E-state index in [0.29, 0.717) is 24.8 Å². The predicted molar refractivity (Wildman–Crippen MR) is 80.1 cm³/mol. The smallest absolute Gasteiger partial charge is 0.251 e. The molecule has 4 heteroatoms. The van der Waals surface area contributed by atoms with Gasteiger partial charge in [0.25, 0.3) is 5.91 Å². The third-order valence-electron chi connectivity index (χ3n) is 4.04. The molecule has 21 heavy (non-hydrogen) atoms. The summed E-state index contributed by atoms with van der Waals surface area (Å²) < 4.78 is 0. The normalized spacial score (nSPS) is 16.9. The van der Waals surface area contributed by atoms with Crippen LogP contribution >= 0.6 is 0 Å². The number of amides is 1. The lowest BCUT2D eigenvalue weighted by Gasteiger charge is -2.35. The van der Waals surface area contributed by atoms with Crippen molar-refractivity contribution in [3.05, 3.63) is 35.4 Å². The van der Waals surface area contributed by atoms with Gasteiger partial charge in [0.1, 0.15) is 11.6 Å². The van der Waals surface area contributed by atoms with Gasteiger partial charge in [-0.1, -0.05) is 18.2 Å². The summed E-state index contributed by atoms with van der Waals surface area (Å²) in [7, 11) is 0. The number of Topliss-reactive ketones (excluding diaryl/α,β-unsaturated/α-hetero) is 2. The maximum atomic E-state index is 12.4. The van der Waals surface area contributed by atoms with E-state index in [0.717, 1.165) is 5.56 Å². The number of nitrogens with one attached hydrogen (secondary N) is 1. The topological polar surface area (TPSA) is 63.2 Å². The van der Waals surface area contributed by atoms with E-state index in [2.05, 4.69) is 5.32 Å². The summed E-state index contributed by atoms with van der Waals surface area (Å²) in [6, 6.07) is 7.27. The minimum atomic E-state index is -0.867. The van der Waals surface area contributed by atoms with Crippen molar-refractivity contribution in [3.63, 3.8) is 0 Å². The first kappa shape index (κ1) is 15.4. The maximum Gasteiger partial charge on any atom is 0.251 e. The van der Waals surface area contributed by atoms with Crippen molar-refractivity contribution >= 4 is 17.5 Å². The second kappa shape index (κ2) is 5.80. The van der Waals surface area contributed by atoms with Crippen molar-refractivity contribution in [2.24, 2.45) is 5.92 Å². The molecule has 1 aliphatic carbocycles. The fourth-order valence-electron chi connectivity index (χ4n) is 2.97. The highest BCUT2D eigenvalue weighted by atomic mass is 16.2. The van der Waals surface area contributed by atoms with Gasteiger partial charge in [-0.3, -0.25) is 14.4 Å². The Balaban J connectivity index is 2.20. The summed E-state index contributed by atoms with van der Waals surface area (Å²) in [6.07, 6.45) is 1.45. The fraction of sp³-hybridized carbons (Fsp3) is 0.471. The zero-order chi connectivity index (χ0) is 15.6. The van der Waals surface area contributed by atoms with Crippen LogP contribution in [0.4, 0.5) is 0 Å². The van der Waals surface area contributed by atoms with Gasteiger partial charge in [0, 0.05) is 18.4 Å². The first-order valence-corrected chi connectivity index (χ1v) is 7.26. The Labute approximate surface area is 124 Å². The molecule has 1 amide bonds. The Morgan fingerprint density at radius 1 is 1.14 bits per heavy atom. The molecule has 1 N–H and O–H groups in total. The quantitative estimate of drug-likeness (QED) is 0.868. The fourth-order valence-corrected chi connectivity index (χ4v) is 2.97. The number of aryl methyl sites for hydroxylation is 1. The second-order valence-electron chi connectivity index (χ2n) is 6.21. The van der Waals surface area contributed by atoms with Crippen molar-refractivity contribution < 1.29 is 14.4 Å². The highest BCUT2D eigenvalue weighted by Crippen LogP contribution is 2.27. The lowest BCUT2D eigenvalue weighted by Crippen LogP contribution is -2.55. The molecule has 1 aromatic carbocycles. The molecular formula is C17H21NO3. The molecule has 0 heterocycles. The largest absolute Gasteiger partial charge is 0.346 e. The van der Waals surface area contributed by atoms with Crippen LogP contribution < -0.4 is 5.32 Å². The average molecular weight is 287 g/mol. The monoisotopic (exact) mass is 287 g/mol. The molecule has 0 saturated heterocycles. The van der Waals surface area contributed by atoms with Gasteiger partial charge in [-0.25, -0.2) is 0 Å². The van der Waals surface area contributed by atoms with Gasteiger partial charge < -0.3 is 5.32 Å². The summed E-state index contributed by atoms with van der Waals surface area (Å²) in [6.45, 7) is 5.35. The van der Waals surface area contributed by atoms with Crippen molar-refractivity contribution in [1.82, 2.24) is 5.32 Å². The molecule has 2 rings (SSSR count). The molecule has 0 unspecified atom stereocenters. The standard InChI is InChI=1S/C17H21NO3/c1-11-7-4-5-8-12(11)16(21)18-17(2,3)15-13(19)9-6-10-14(15)20/h4-5,7-8,15H,6,9-10H2,1-3H3,(H,18,21). The number of benzene rings is 1. The molecule has 4 nitrogen and oxygen atoms in total. The van der Waals surface area contributed by atoms with Gasteiger partial charge in [0.05, 0.1) is 11.5 Å². The maximum absolute atomic E-state index is 12.4. The Morgan fingerprint density at radius 2 is 1.71 bits per heavy atom. The van der Waals surface area contributed by atoms with Crippen LogP contribution in [-0.4, -0.2) is 23.0 Å². The van der Waals surface area contributed by atoms with E-state index in [-0.39, 0.29) is 17.5 Å². The van der Waals surface area contributed by atoms with Gasteiger partial charge in [-0.2, -0.15) is 0 Å². The average Bonchev–Trinajstić information content (AvgIpc) is 2.37. The van der Waals surface area contributed by atoms with E-state index in [9.17, 15) is 14.4 Å². The van der Waals surface area contributed by atoms with E-state index < -0.39 is 11.5 Å².